The van der Waals surface area contributed by atoms with Crippen LogP contribution in [0.1, 0.15) is 24.8 Å². The molecule has 1 aliphatic carbocycles. The fourth-order valence-corrected chi connectivity index (χ4v) is 6.10. The number of nitrogens with zero attached hydrogens (tertiary/aromatic N) is 4. The van der Waals surface area contributed by atoms with Crippen molar-refractivity contribution in [2.75, 3.05) is 17.3 Å². The van der Waals surface area contributed by atoms with Crippen molar-refractivity contribution in [1.29, 1.82) is 0 Å². The normalized spacial score (nSPS) is 13.8. The first-order valence-electron chi connectivity index (χ1n) is 14.3. The van der Waals surface area contributed by atoms with E-state index < -0.39 is 15.7 Å². The third-order valence-corrected chi connectivity index (χ3v) is 8.98. The first-order chi connectivity index (χ1) is 21.2. The van der Waals surface area contributed by atoms with E-state index in [1.165, 1.54) is 18.4 Å². The zero-order chi connectivity index (χ0) is 30.4. The first-order valence-corrected chi connectivity index (χ1v) is 16.3. The molecule has 1 aromatic carbocycles. The number of halogens is 1. The van der Waals surface area contributed by atoms with Gasteiger partial charge < -0.3 is 10.3 Å². The highest BCUT2D eigenvalue weighted by molar-refractivity contribution is 7.90. The lowest BCUT2D eigenvalue weighted by atomic mass is 9.85. The van der Waals surface area contributed by atoms with E-state index in [2.05, 4.69) is 35.5 Å². The lowest BCUT2D eigenvalue weighted by Gasteiger charge is -2.24. The molecule has 0 atom stereocenters. The number of amides is 1. The number of sulfone groups is 1. The molecule has 5 heterocycles. The summed E-state index contributed by atoms with van der Waals surface area (Å²) in [7, 11) is -3.19. The van der Waals surface area contributed by atoms with Gasteiger partial charge in [-0.05, 0) is 67.3 Å². The third-order valence-electron chi connectivity index (χ3n) is 8.03. The first kappa shape index (κ1) is 27.8. The summed E-state index contributed by atoms with van der Waals surface area (Å²) in [4.78, 5) is 29.3. The Morgan fingerprint density at radius 3 is 2.64 bits per heavy atom. The van der Waals surface area contributed by atoms with Gasteiger partial charge in [-0.15, -0.1) is 0 Å². The number of carbonyl (C=O) groups excluding carboxylic acids is 1. The smallest absolute Gasteiger partial charge is 0.227 e. The maximum atomic E-state index is 14.6. The van der Waals surface area contributed by atoms with E-state index in [0.717, 1.165) is 52.4 Å². The van der Waals surface area contributed by atoms with Crippen molar-refractivity contribution in [2.24, 2.45) is 5.92 Å². The SMILES string of the molecule is CS(=O)(=O)CCc1cc(F)cc(-c2nccc3[nH]c(-c4[nH]nc5ncc(-c6cncc(NC(=O)C7CCC7)c6)cc45)cc23)c1. The largest absolute Gasteiger partial charge is 0.353 e. The van der Waals surface area contributed by atoms with Crippen LogP contribution >= 0.6 is 0 Å². The van der Waals surface area contributed by atoms with Gasteiger partial charge >= 0.3 is 0 Å². The van der Waals surface area contributed by atoms with Gasteiger partial charge in [-0.2, -0.15) is 5.10 Å². The van der Waals surface area contributed by atoms with Crippen molar-refractivity contribution in [3.05, 3.63) is 78.6 Å². The zero-order valence-corrected chi connectivity index (χ0v) is 24.6. The minimum Gasteiger partial charge on any atom is -0.353 e. The van der Waals surface area contributed by atoms with E-state index in [9.17, 15) is 17.6 Å². The molecule has 0 radical (unpaired) electrons. The molecule has 1 fully saturated rings. The Hall–Kier alpha value is -4.97. The molecule has 5 aromatic heterocycles. The van der Waals surface area contributed by atoms with Crippen LogP contribution in [0.4, 0.5) is 10.1 Å². The molecule has 0 spiro atoms. The second-order valence-corrected chi connectivity index (χ2v) is 13.6. The van der Waals surface area contributed by atoms with Crippen molar-refractivity contribution >= 4 is 43.4 Å². The summed E-state index contributed by atoms with van der Waals surface area (Å²) in [6.07, 6.45) is 11.0. The van der Waals surface area contributed by atoms with Crippen LogP contribution < -0.4 is 5.32 Å². The van der Waals surface area contributed by atoms with Gasteiger partial charge in [0.25, 0.3) is 0 Å². The van der Waals surface area contributed by atoms with Crippen LogP contribution in [-0.2, 0) is 21.1 Å². The van der Waals surface area contributed by atoms with Crippen LogP contribution in [0.3, 0.4) is 0 Å². The highest BCUT2D eigenvalue weighted by Gasteiger charge is 2.25. The van der Waals surface area contributed by atoms with Crippen molar-refractivity contribution in [3.8, 4) is 33.8 Å². The molecule has 1 aliphatic rings. The number of carbonyl (C=O) groups is 1. The van der Waals surface area contributed by atoms with Gasteiger partial charge in [-0.1, -0.05) is 6.42 Å². The number of hydrogen-bond acceptors (Lipinski definition) is 7. The van der Waals surface area contributed by atoms with Crippen molar-refractivity contribution in [1.82, 2.24) is 30.1 Å². The van der Waals surface area contributed by atoms with E-state index in [1.807, 2.05) is 24.3 Å². The number of fused-ring (bicyclic) bond motifs is 2. The molecule has 0 aliphatic heterocycles. The summed E-state index contributed by atoms with van der Waals surface area (Å²) in [5, 5.41) is 12.0. The van der Waals surface area contributed by atoms with Gasteiger partial charge in [0.2, 0.25) is 5.91 Å². The molecule has 12 heteroatoms. The minimum absolute atomic E-state index is 0.0249. The Kier molecular flexibility index (Phi) is 6.92. The number of benzene rings is 1. The summed E-state index contributed by atoms with van der Waals surface area (Å²) >= 11 is 0. The molecule has 44 heavy (non-hydrogen) atoms. The number of aryl methyl sites for hydroxylation is 1. The number of anilines is 1. The zero-order valence-electron chi connectivity index (χ0n) is 23.8. The molecule has 6 aromatic rings. The number of rotatable bonds is 8. The molecular formula is C32H28FN7O3S. The summed E-state index contributed by atoms with van der Waals surface area (Å²) in [5.74, 6) is -0.433. The van der Waals surface area contributed by atoms with Crippen molar-refractivity contribution < 1.29 is 17.6 Å². The molecular weight excluding hydrogens is 581 g/mol. The maximum absolute atomic E-state index is 14.6. The van der Waals surface area contributed by atoms with E-state index in [-0.39, 0.29) is 24.0 Å². The molecule has 222 valence electrons. The average Bonchev–Trinajstić information content (AvgIpc) is 3.58. The van der Waals surface area contributed by atoms with Crippen LogP contribution in [0.5, 0.6) is 0 Å². The Labute approximate surface area is 252 Å². The quantitative estimate of drug-likeness (QED) is 0.201. The van der Waals surface area contributed by atoms with E-state index >= 15 is 0 Å². The predicted molar refractivity (Wildman–Crippen MR) is 167 cm³/mol. The van der Waals surface area contributed by atoms with Crippen LogP contribution in [0.25, 0.3) is 55.7 Å². The van der Waals surface area contributed by atoms with Crippen molar-refractivity contribution in [2.45, 2.75) is 25.7 Å². The Morgan fingerprint density at radius 2 is 1.84 bits per heavy atom. The fourth-order valence-electron chi connectivity index (χ4n) is 5.50. The second kappa shape index (κ2) is 10.9. The van der Waals surface area contributed by atoms with Gasteiger partial charge in [-0.3, -0.25) is 19.9 Å². The second-order valence-electron chi connectivity index (χ2n) is 11.3. The lowest BCUT2D eigenvalue weighted by Crippen LogP contribution is -2.28. The van der Waals surface area contributed by atoms with Crippen molar-refractivity contribution in [3.63, 3.8) is 0 Å². The lowest BCUT2D eigenvalue weighted by molar-refractivity contribution is -0.122. The summed E-state index contributed by atoms with van der Waals surface area (Å²) < 4.78 is 38.0. The highest BCUT2D eigenvalue weighted by atomic mass is 32.2. The Balaban J connectivity index is 1.23. The number of pyridine rings is 3. The molecule has 7 rings (SSSR count). The topological polar surface area (TPSA) is 146 Å². The summed E-state index contributed by atoms with van der Waals surface area (Å²) in [5.41, 5.74) is 6.74. The molecule has 0 bridgehead atoms. The third kappa shape index (κ3) is 5.55. The maximum Gasteiger partial charge on any atom is 0.227 e. The Bertz CT molecular complexity index is 2170. The van der Waals surface area contributed by atoms with Crippen LogP contribution in [0.2, 0.25) is 0 Å². The minimum atomic E-state index is -3.19. The van der Waals surface area contributed by atoms with Crippen LogP contribution in [-0.4, -0.2) is 56.5 Å². The number of hydrogen-bond donors (Lipinski definition) is 3. The standard InChI is InChI=1S/C32H28FN7O3S/c1-44(42,43)8-6-18-9-20(11-23(33)10-18)29-25-14-28(38-27(25)5-7-35-29)30-26-13-22(16-36-31(26)40-39-30)21-12-24(17-34-15-21)37-32(41)19-3-2-4-19/h5,7,9-17,19,38H,2-4,6,8H2,1H3,(H,37,41)(H,36,39,40). The van der Waals surface area contributed by atoms with Gasteiger partial charge in [0.05, 0.1) is 34.7 Å². The molecule has 1 amide bonds. The van der Waals surface area contributed by atoms with Crippen LogP contribution in [0.15, 0.2) is 67.3 Å². The van der Waals surface area contributed by atoms with E-state index in [4.69, 9.17) is 0 Å². The predicted octanol–water partition coefficient (Wildman–Crippen LogP) is 5.70. The summed E-state index contributed by atoms with van der Waals surface area (Å²) in [6, 6.07) is 12.2. The fraction of sp³-hybridized carbons (Fsp3) is 0.219. The van der Waals surface area contributed by atoms with Gasteiger partial charge in [0.1, 0.15) is 15.7 Å². The highest BCUT2D eigenvalue weighted by Crippen LogP contribution is 2.35. The number of H-pyrrole nitrogens is 2. The van der Waals surface area contributed by atoms with Gasteiger partial charge in [0.15, 0.2) is 5.65 Å². The Morgan fingerprint density at radius 1 is 1.00 bits per heavy atom. The average molecular weight is 610 g/mol. The molecule has 3 N–H and O–H groups in total. The molecule has 0 saturated heterocycles. The number of aromatic nitrogens is 6. The number of aromatic amines is 2. The van der Waals surface area contributed by atoms with E-state index in [1.54, 1.807) is 30.9 Å². The van der Waals surface area contributed by atoms with E-state index in [0.29, 0.717) is 33.8 Å². The van der Waals surface area contributed by atoms with Crippen LogP contribution in [0, 0.1) is 11.7 Å². The summed E-state index contributed by atoms with van der Waals surface area (Å²) in [6.45, 7) is 0. The number of nitrogens with one attached hydrogen (secondary N) is 3. The van der Waals surface area contributed by atoms with Gasteiger partial charge in [0, 0.05) is 63.7 Å². The molecule has 10 nitrogen and oxygen atoms in total. The monoisotopic (exact) mass is 609 g/mol. The molecule has 1 saturated carbocycles. The molecule has 0 unspecified atom stereocenters. The van der Waals surface area contributed by atoms with Gasteiger partial charge in [-0.25, -0.2) is 17.8 Å².